The molecule has 2 aliphatic carbocycles. The Hall–Kier alpha value is -2.58. The number of carbonyl (C=O) groups excluding carboxylic acids is 2. The molecule has 8 rings (SSSR count). The summed E-state index contributed by atoms with van der Waals surface area (Å²) in [5.74, 6) is 2.17. The molecule has 54 heavy (non-hydrogen) atoms. The maximum absolute atomic E-state index is 13.3. The molecule has 0 spiro atoms. The van der Waals surface area contributed by atoms with Crippen LogP contribution in [0.25, 0.3) is 0 Å². The van der Waals surface area contributed by atoms with E-state index in [-0.39, 0.29) is 47.6 Å². The molecule has 2 saturated carbocycles. The van der Waals surface area contributed by atoms with Crippen molar-refractivity contribution in [2.45, 2.75) is 75.3 Å². The van der Waals surface area contributed by atoms with Crippen LogP contribution in [0.15, 0.2) is 98.1 Å². The van der Waals surface area contributed by atoms with Gasteiger partial charge in [-0.1, -0.05) is 82.8 Å². The van der Waals surface area contributed by atoms with Crippen molar-refractivity contribution in [3.05, 3.63) is 138 Å². The first kappa shape index (κ1) is 39.6. The van der Waals surface area contributed by atoms with Crippen molar-refractivity contribution in [3.8, 4) is 0 Å². The van der Waals surface area contributed by atoms with E-state index in [4.69, 9.17) is 46.4 Å². The normalized spacial score (nSPS) is 25.6. The van der Waals surface area contributed by atoms with Crippen molar-refractivity contribution in [2.75, 3.05) is 13.1 Å². The van der Waals surface area contributed by atoms with Crippen LogP contribution in [0.2, 0.25) is 18.7 Å². The van der Waals surface area contributed by atoms with Gasteiger partial charge in [0.05, 0.1) is 20.8 Å². The highest BCUT2D eigenvalue weighted by atomic mass is 35.5. The van der Waals surface area contributed by atoms with Gasteiger partial charge in [0, 0.05) is 56.6 Å². The zero-order valence-corrected chi connectivity index (χ0v) is 34.9. The van der Waals surface area contributed by atoms with E-state index in [9.17, 15) is 9.59 Å². The fourth-order valence-corrected chi connectivity index (χ4v) is 11.3. The number of piperidine rings is 2. The first-order valence-electron chi connectivity index (χ1n) is 19.0. The molecule has 4 nitrogen and oxygen atoms in total. The highest BCUT2D eigenvalue weighted by molar-refractivity contribution is 7.16. The van der Waals surface area contributed by atoms with Crippen molar-refractivity contribution in [1.29, 1.82) is 0 Å². The van der Waals surface area contributed by atoms with E-state index in [1.165, 1.54) is 36.8 Å². The van der Waals surface area contributed by atoms with Crippen molar-refractivity contribution < 1.29 is 9.59 Å². The molecule has 4 aromatic rings. The third-order valence-corrected chi connectivity index (χ3v) is 14.4. The Morgan fingerprint density at radius 1 is 0.611 bits per heavy atom. The number of allylic oxidation sites excluding steroid dienone is 2. The molecule has 2 amide bonds. The van der Waals surface area contributed by atoms with E-state index in [2.05, 4.69) is 47.2 Å². The van der Waals surface area contributed by atoms with E-state index in [1.54, 1.807) is 22.7 Å². The zero-order chi connectivity index (χ0) is 37.9. The quantitative estimate of drug-likeness (QED) is 0.133. The lowest BCUT2D eigenvalue weighted by molar-refractivity contribution is -0.144. The Kier molecular flexibility index (Phi) is 13.0. The molecule has 2 aromatic carbocycles. The van der Waals surface area contributed by atoms with Crippen molar-refractivity contribution in [2.24, 2.45) is 23.7 Å². The van der Waals surface area contributed by atoms with E-state index in [1.807, 2.05) is 60.7 Å². The highest BCUT2D eigenvalue weighted by Crippen LogP contribution is 2.51. The third kappa shape index (κ3) is 9.33. The predicted octanol–water partition coefficient (Wildman–Crippen LogP) is 13.4. The Morgan fingerprint density at radius 2 is 1.02 bits per heavy atom. The number of thiophene rings is 2. The van der Waals surface area contributed by atoms with E-state index < -0.39 is 0 Å². The lowest BCUT2D eigenvalue weighted by Crippen LogP contribution is -2.47. The summed E-state index contributed by atoms with van der Waals surface area (Å²) in [6.07, 6.45) is 11.7. The second-order valence-electron chi connectivity index (χ2n) is 15.3. The van der Waals surface area contributed by atoms with Gasteiger partial charge < -0.3 is 9.80 Å². The fourth-order valence-electron chi connectivity index (χ4n) is 8.40. The largest absolute Gasteiger partial charge is 0.334 e. The number of hydrogen-bond acceptors (Lipinski definition) is 4. The standard InChI is InChI=1S/2C22H23Cl2NOS/c2*1-2-4-16-12-18(15-5-3-6-17(23)11-15)21(19-9-10-20(24)27-19)25(22(16)26)13-14-7-8-14/h2*2-3,5-6,9-11,14,16,18,21H,1,4,7-8,12-13H2/t16-,18+,21-;16-,18-,21+/m01/s1. The minimum Gasteiger partial charge on any atom is -0.334 e. The van der Waals surface area contributed by atoms with E-state index >= 15 is 0 Å². The van der Waals surface area contributed by atoms with Gasteiger partial charge in [0.2, 0.25) is 11.8 Å². The van der Waals surface area contributed by atoms with Crippen molar-refractivity contribution in [3.63, 3.8) is 0 Å². The number of hydrogen-bond donors (Lipinski definition) is 0. The maximum Gasteiger partial charge on any atom is 0.226 e. The second kappa shape index (κ2) is 17.7. The molecule has 0 N–H and O–H groups in total. The van der Waals surface area contributed by atoms with Crippen LogP contribution < -0.4 is 0 Å². The topological polar surface area (TPSA) is 40.6 Å². The van der Waals surface area contributed by atoms with Crippen LogP contribution >= 0.6 is 69.1 Å². The molecule has 4 heterocycles. The van der Waals surface area contributed by atoms with Gasteiger partial charge >= 0.3 is 0 Å². The van der Waals surface area contributed by atoms with E-state index in [0.717, 1.165) is 67.2 Å². The van der Waals surface area contributed by atoms with Crippen LogP contribution in [-0.2, 0) is 9.59 Å². The Labute approximate surface area is 347 Å². The van der Waals surface area contributed by atoms with Crippen LogP contribution in [-0.4, -0.2) is 34.7 Å². The maximum atomic E-state index is 13.3. The second-order valence-corrected chi connectivity index (χ2v) is 19.6. The SMILES string of the molecule is C=CC[C@@H]1C[C@H](c2cccc(Cl)c2)[C@@H](c2ccc(Cl)s2)N(CC2CC2)C1=O.C=CC[C@H]1C[C@H](c2cccc(Cl)c2)[C@@H](c2ccc(Cl)s2)N(CC2CC2)C1=O. The summed E-state index contributed by atoms with van der Waals surface area (Å²) in [6, 6.07) is 24.2. The van der Waals surface area contributed by atoms with E-state index in [0.29, 0.717) is 11.8 Å². The van der Waals surface area contributed by atoms with Crippen molar-refractivity contribution in [1.82, 2.24) is 9.80 Å². The summed E-state index contributed by atoms with van der Waals surface area (Å²) >= 11 is 28.3. The molecule has 0 unspecified atom stereocenters. The molecule has 4 fully saturated rings. The van der Waals surface area contributed by atoms with Gasteiger partial charge in [-0.05, 0) is 123 Å². The monoisotopic (exact) mass is 838 g/mol. The fraction of sp³-hybridized carbons (Fsp3) is 0.409. The number of benzene rings is 2. The zero-order valence-electron chi connectivity index (χ0n) is 30.2. The average Bonchev–Trinajstić information content (AvgIpc) is 4.07. The number of nitrogens with zero attached hydrogens (tertiary/aromatic N) is 2. The van der Waals surface area contributed by atoms with Crippen LogP contribution in [0, 0.1) is 23.7 Å². The molecular formula is C44H46Cl4N2O2S2. The Bertz CT molecular complexity index is 1830. The van der Waals surface area contributed by atoms with Crippen molar-refractivity contribution >= 4 is 80.9 Å². The van der Waals surface area contributed by atoms with Gasteiger partial charge in [0.15, 0.2) is 0 Å². The van der Waals surface area contributed by atoms with Gasteiger partial charge in [0.25, 0.3) is 0 Å². The molecule has 284 valence electrons. The molecular weight excluding hydrogens is 794 g/mol. The minimum atomic E-state index is -0.0167. The van der Waals surface area contributed by atoms with Gasteiger partial charge in [-0.3, -0.25) is 9.59 Å². The number of amides is 2. The Morgan fingerprint density at radius 3 is 1.33 bits per heavy atom. The van der Waals surface area contributed by atoms with Crippen LogP contribution in [0.1, 0.15) is 96.2 Å². The molecule has 4 aliphatic rings. The summed E-state index contributed by atoms with van der Waals surface area (Å²) in [7, 11) is 0. The third-order valence-electron chi connectivity index (χ3n) is 11.3. The van der Waals surface area contributed by atoms with Gasteiger partial charge in [-0.25, -0.2) is 0 Å². The van der Waals surface area contributed by atoms with Crippen LogP contribution in [0.5, 0.6) is 0 Å². The summed E-state index contributed by atoms with van der Waals surface area (Å²) in [6.45, 7) is 9.42. The average molecular weight is 841 g/mol. The summed E-state index contributed by atoms with van der Waals surface area (Å²) in [4.78, 5) is 33.3. The molecule has 2 aromatic heterocycles. The lowest BCUT2D eigenvalue weighted by Gasteiger charge is -2.44. The molecule has 10 heteroatoms. The van der Waals surface area contributed by atoms with Crippen LogP contribution in [0.4, 0.5) is 0 Å². The molecule has 6 atom stereocenters. The Balaban J connectivity index is 0.000000167. The summed E-state index contributed by atoms with van der Waals surface area (Å²) < 4.78 is 1.53. The van der Waals surface area contributed by atoms with Gasteiger partial charge in [-0.2, -0.15) is 0 Å². The summed E-state index contributed by atoms with van der Waals surface area (Å²) in [5.41, 5.74) is 2.39. The molecule has 0 radical (unpaired) electrons. The molecule has 2 aliphatic heterocycles. The smallest absolute Gasteiger partial charge is 0.226 e. The predicted molar refractivity (Wildman–Crippen MR) is 227 cm³/mol. The number of rotatable bonds is 12. The molecule has 0 bridgehead atoms. The first-order valence-corrected chi connectivity index (χ1v) is 22.1. The number of likely N-dealkylation sites (tertiary alicyclic amines) is 2. The first-order chi connectivity index (χ1) is 26.1. The lowest BCUT2D eigenvalue weighted by atomic mass is 9.76. The molecule has 2 saturated heterocycles. The van der Waals surface area contributed by atoms with Gasteiger partial charge in [0.1, 0.15) is 0 Å². The number of halogens is 4. The highest BCUT2D eigenvalue weighted by Gasteiger charge is 2.46. The minimum absolute atomic E-state index is 0.0167. The number of carbonyl (C=O) groups is 2. The van der Waals surface area contributed by atoms with Crippen LogP contribution in [0.3, 0.4) is 0 Å². The van der Waals surface area contributed by atoms with Gasteiger partial charge in [-0.15, -0.1) is 35.8 Å². The summed E-state index contributed by atoms with van der Waals surface area (Å²) in [5, 5.41) is 1.47.